The minimum absolute atomic E-state index is 0.0780. The zero-order valence-electron chi connectivity index (χ0n) is 51.7. The molecule has 0 spiro atoms. The summed E-state index contributed by atoms with van der Waals surface area (Å²) in [6, 6.07) is 0. The number of rotatable bonds is 61. The Hall–Kier alpha value is -3.41. The fourth-order valence-electron chi connectivity index (χ4n) is 9.62. The Balaban J connectivity index is 4.29. The highest BCUT2D eigenvalue weighted by atomic mass is 16.6. The fraction of sp³-hybridized carbons (Fsp3) is 0.764. The highest BCUT2D eigenvalue weighted by Crippen LogP contribution is 2.17. The first-order chi connectivity index (χ1) is 38.5. The SMILES string of the molecule is CC/C=C\C/C=C\C/C=C\C/C=C\C/C=C\CCCCCCCCCC(=O)OC(COC(=O)CCCCCCCCCCCCCC)COC(=O)CCCCCCCCCCCCCCC/C=C\C/C=C\CCCCCCC. The molecular weight excluding hydrogens is 961 g/mol. The minimum atomic E-state index is -0.783. The molecule has 0 bridgehead atoms. The van der Waals surface area contributed by atoms with Crippen molar-refractivity contribution in [3.63, 3.8) is 0 Å². The molecule has 0 saturated carbocycles. The zero-order chi connectivity index (χ0) is 56.4. The molecule has 0 amide bonds. The Morgan fingerprint density at radius 3 is 0.782 bits per heavy atom. The van der Waals surface area contributed by atoms with Gasteiger partial charge in [-0.05, 0) is 96.3 Å². The lowest BCUT2D eigenvalue weighted by Crippen LogP contribution is -2.30. The van der Waals surface area contributed by atoms with Crippen LogP contribution in [0.25, 0.3) is 0 Å². The second-order valence-electron chi connectivity index (χ2n) is 22.4. The standard InChI is InChI=1S/C72H126O6/c1-4-7-10-13-16-19-22-25-27-29-31-33-35-36-38-39-41-43-45-47-50-53-56-59-62-65-71(74)77-68-69(67-76-70(73)64-61-58-55-52-49-24-21-18-15-12-9-6-3)78-72(75)66-63-60-57-54-51-48-46-44-42-40-37-34-32-30-28-26-23-20-17-14-11-8-5-2/h8,11,17,20,22,25-26,28-29,31-32,34,40,42,69H,4-7,9-10,12-16,18-19,21,23-24,27,30,33,35-39,41,43-68H2,1-3H3/b11-8-,20-17-,25-22-,28-26-,31-29-,34-32-,42-40-. The number of carbonyl (C=O) groups excluding carboxylic acids is 3. The zero-order valence-corrected chi connectivity index (χ0v) is 51.7. The molecule has 0 heterocycles. The molecular formula is C72H126O6. The normalized spacial score (nSPS) is 12.6. The summed E-state index contributed by atoms with van der Waals surface area (Å²) < 4.78 is 16.9. The fourth-order valence-corrected chi connectivity index (χ4v) is 9.62. The maximum absolute atomic E-state index is 12.9. The van der Waals surface area contributed by atoms with Gasteiger partial charge in [0, 0.05) is 19.3 Å². The van der Waals surface area contributed by atoms with E-state index in [9.17, 15) is 14.4 Å². The topological polar surface area (TPSA) is 78.9 Å². The summed E-state index contributed by atoms with van der Waals surface area (Å²) in [7, 11) is 0. The third-order valence-corrected chi connectivity index (χ3v) is 14.6. The average molecular weight is 1090 g/mol. The van der Waals surface area contributed by atoms with Gasteiger partial charge < -0.3 is 14.2 Å². The summed E-state index contributed by atoms with van der Waals surface area (Å²) in [5.41, 5.74) is 0. The summed E-state index contributed by atoms with van der Waals surface area (Å²) in [4.78, 5) is 38.4. The number of allylic oxidation sites excluding steroid dienone is 14. The van der Waals surface area contributed by atoms with E-state index in [2.05, 4.69) is 106 Å². The van der Waals surface area contributed by atoms with E-state index >= 15 is 0 Å². The van der Waals surface area contributed by atoms with Crippen LogP contribution >= 0.6 is 0 Å². The van der Waals surface area contributed by atoms with Crippen LogP contribution in [-0.4, -0.2) is 37.2 Å². The minimum Gasteiger partial charge on any atom is -0.462 e. The third-order valence-electron chi connectivity index (χ3n) is 14.6. The Labute approximate surface area is 484 Å². The Morgan fingerprint density at radius 1 is 0.269 bits per heavy atom. The van der Waals surface area contributed by atoms with Gasteiger partial charge in [-0.3, -0.25) is 14.4 Å². The van der Waals surface area contributed by atoms with Crippen LogP contribution in [0.4, 0.5) is 0 Å². The predicted molar refractivity (Wildman–Crippen MR) is 339 cm³/mol. The Kier molecular flexibility index (Phi) is 63.2. The molecule has 78 heavy (non-hydrogen) atoms. The number of esters is 3. The lowest BCUT2D eigenvalue weighted by molar-refractivity contribution is -0.167. The molecule has 0 aromatic heterocycles. The molecule has 1 unspecified atom stereocenters. The van der Waals surface area contributed by atoms with Crippen LogP contribution in [0.15, 0.2) is 85.1 Å². The van der Waals surface area contributed by atoms with E-state index in [4.69, 9.17) is 14.2 Å². The van der Waals surface area contributed by atoms with Crippen LogP contribution in [0.3, 0.4) is 0 Å². The van der Waals surface area contributed by atoms with Crippen LogP contribution in [0, 0.1) is 0 Å². The molecule has 0 aliphatic rings. The first-order valence-corrected chi connectivity index (χ1v) is 33.6. The van der Waals surface area contributed by atoms with E-state index in [1.165, 1.54) is 193 Å². The molecule has 0 saturated heterocycles. The molecule has 1 atom stereocenters. The predicted octanol–water partition coefficient (Wildman–Crippen LogP) is 23.1. The van der Waals surface area contributed by atoms with Crippen LogP contribution in [0.1, 0.15) is 335 Å². The molecule has 0 N–H and O–H groups in total. The largest absolute Gasteiger partial charge is 0.462 e. The lowest BCUT2D eigenvalue weighted by Gasteiger charge is -2.18. The number of unbranched alkanes of at least 4 members (excludes halogenated alkanes) is 36. The van der Waals surface area contributed by atoms with Gasteiger partial charge in [0.15, 0.2) is 6.10 Å². The van der Waals surface area contributed by atoms with Crippen molar-refractivity contribution in [3.8, 4) is 0 Å². The second kappa shape index (κ2) is 66.1. The molecule has 0 aliphatic heterocycles. The van der Waals surface area contributed by atoms with E-state index in [0.29, 0.717) is 19.3 Å². The lowest BCUT2D eigenvalue weighted by atomic mass is 10.0. The van der Waals surface area contributed by atoms with Crippen LogP contribution < -0.4 is 0 Å². The molecule has 0 fully saturated rings. The average Bonchev–Trinajstić information content (AvgIpc) is 3.44. The van der Waals surface area contributed by atoms with Crippen molar-refractivity contribution in [1.29, 1.82) is 0 Å². The van der Waals surface area contributed by atoms with Gasteiger partial charge in [-0.1, -0.05) is 305 Å². The maximum atomic E-state index is 12.9. The first-order valence-electron chi connectivity index (χ1n) is 33.6. The van der Waals surface area contributed by atoms with Crippen molar-refractivity contribution < 1.29 is 28.6 Å². The monoisotopic (exact) mass is 1090 g/mol. The maximum Gasteiger partial charge on any atom is 0.306 e. The van der Waals surface area contributed by atoms with Gasteiger partial charge >= 0.3 is 17.9 Å². The smallest absolute Gasteiger partial charge is 0.306 e. The van der Waals surface area contributed by atoms with Crippen molar-refractivity contribution in [2.24, 2.45) is 0 Å². The van der Waals surface area contributed by atoms with Crippen LogP contribution in [-0.2, 0) is 28.6 Å². The molecule has 0 rings (SSSR count). The van der Waals surface area contributed by atoms with E-state index in [1.54, 1.807) is 0 Å². The molecule has 6 heteroatoms. The van der Waals surface area contributed by atoms with Crippen molar-refractivity contribution >= 4 is 17.9 Å². The van der Waals surface area contributed by atoms with E-state index in [-0.39, 0.29) is 31.1 Å². The summed E-state index contributed by atoms with van der Waals surface area (Å²) in [5.74, 6) is -0.875. The molecule has 0 aromatic rings. The summed E-state index contributed by atoms with van der Waals surface area (Å²) in [6.45, 7) is 6.54. The molecule has 450 valence electrons. The van der Waals surface area contributed by atoms with Gasteiger partial charge in [0.05, 0.1) is 0 Å². The molecule has 0 aliphatic carbocycles. The molecule has 0 aromatic carbocycles. The van der Waals surface area contributed by atoms with E-state index in [1.807, 2.05) is 0 Å². The van der Waals surface area contributed by atoms with E-state index < -0.39 is 6.10 Å². The van der Waals surface area contributed by atoms with Crippen LogP contribution in [0.5, 0.6) is 0 Å². The van der Waals surface area contributed by atoms with E-state index in [0.717, 1.165) is 103 Å². The summed E-state index contributed by atoms with van der Waals surface area (Å²) in [5, 5.41) is 0. The highest BCUT2D eigenvalue weighted by Gasteiger charge is 2.19. The third kappa shape index (κ3) is 63.4. The highest BCUT2D eigenvalue weighted by molar-refractivity contribution is 5.71. The second-order valence-corrected chi connectivity index (χ2v) is 22.4. The first kappa shape index (κ1) is 74.6. The Bertz CT molecular complexity index is 1480. The molecule has 6 nitrogen and oxygen atoms in total. The number of ether oxygens (including phenoxy) is 3. The van der Waals surface area contributed by atoms with Gasteiger partial charge in [-0.15, -0.1) is 0 Å². The summed E-state index contributed by atoms with van der Waals surface area (Å²) >= 11 is 0. The van der Waals surface area contributed by atoms with Crippen molar-refractivity contribution in [2.75, 3.05) is 13.2 Å². The van der Waals surface area contributed by atoms with Crippen LogP contribution in [0.2, 0.25) is 0 Å². The van der Waals surface area contributed by atoms with Gasteiger partial charge in [-0.2, -0.15) is 0 Å². The quantitative estimate of drug-likeness (QED) is 0.0261. The van der Waals surface area contributed by atoms with Crippen molar-refractivity contribution in [2.45, 2.75) is 341 Å². The number of hydrogen-bond acceptors (Lipinski definition) is 6. The summed E-state index contributed by atoms with van der Waals surface area (Å²) in [6.07, 6.45) is 87.4. The van der Waals surface area contributed by atoms with Crippen molar-refractivity contribution in [1.82, 2.24) is 0 Å². The number of carbonyl (C=O) groups is 3. The van der Waals surface area contributed by atoms with Gasteiger partial charge in [0.1, 0.15) is 13.2 Å². The van der Waals surface area contributed by atoms with Gasteiger partial charge in [0.2, 0.25) is 0 Å². The van der Waals surface area contributed by atoms with Crippen molar-refractivity contribution in [3.05, 3.63) is 85.1 Å². The van der Waals surface area contributed by atoms with Gasteiger partial charge in [-0.25, -0.2) is 0 Å². The Morgan fingerprint density at radius 2 is 0.500 bits per heavy atom. The van der Waals surface area contributed by atoms with Gasteiger partial charge in [0.25, 0.3) is 0 Å². The number of hydrogen-bond donors (Lipinski definition) is 0. The molecule has 0 radical (unpaired) electrons.